The molecule has 0 bridgehead atoms. The molecule has 3 rings (SSSR count). The van der Waals surface area contributed by atoms with Crippen LogP contribution in [-0.2, 0) is 6.42 Å². The number of nitrogens with zero attached hydrogens (tertiary/aromatic N) is 1. The van der Waals surface area contributed by atoms with Crippen LogP contribution in [-0.4, -0.2) is 38.3 Å². The normalized spacial score (nSPS) is 24.3. The first-order chi connectivity index (χ1) is 10.8. The molecular formula is C19H29NO2. The lowest BCUT2D eigenvalue weighted by Gasteiger charge is -2.42. The fourth-order valence-corrected chi connectivity index (χ4v) is 4.10. The number of hydrogen-bond donors (Lipinski definition) is 0. The minimum absolute atomic E-state index is 0.566. The van der Waals surface area contributed by atoms with E-state index < -0.39 is 0 Å². The van der Waals surface area contributed by atoms with Crippen LogP contribution in [0.4, 0.5) is 0 Å². The van der Waals surface area contributed by atoms with E-state index in [4.69, 9.17) is 9.47 Å². The van der Waals surface area contributed by atoms with Gasteiger partial charge in [0.15, 0.2) is 0 Å². The average Bonchev–Trinajstić information content (AvgIpc) is 2.55. The standard InChI is InChI=1S/C19H29NO2/c1-4-6-14-7-8-17(21-3)18-16-12-20(10-5-2)11-9-15(16)13-22-19(14)18/h7-8,15-16H,4-6,9-13H2,1-3H3/t15-,16-/m0/s1. The van der Waals surface area contributed by atoms with Gasteiger partial charge in [-0.3, -0.25) is 0 Å². The zero-order chi connectivity index (χ0) is 15.5. The van der Waals surface area contributed by atoms with Crippen molar-refractivity contribution in [1.82, 2.24) is 4.90 Å². The van der Waals surface area contributed by atoms with Gasteiger partial charge in [0, 0.05) is 23.9 Å². The number of hydrogen-bond acceptors (Lipinski definition) is 3. The van der Waals surface area contributed by atoms with Gasteiger partial charge in [-0.2, -0.15) is 0 Å². The van der Waals surface area contributed by atoms with E-state index in [-0.39, 0.29) is 0 Å². The Balaban J connectivity index is 1.97. The maximum atomic E-state index is 6.22. The summed E-state index contributed by atoms with van der Waals surface area (Å²) in [5, 5.41) is 0. The molecule has 0 radical (unpaired) electrons. The molecule has 0 N–H and O–H groups in total. The summed E-state index contributed by atoms with van der Waals surface area (Å²) in [5.41, 5.74) is 2.69. The highest BCUT2D eigenvalue weighted by molar-refractivity contribution is 5.54. The predicted octanol–water partition coefficient (Wildman–Crippen LogP) is 3.86. The highest BCUT2D eigenvalue weighted by atomic mass is 16.5. The molecule has 2 heterocycles. The molecule has 1 saturated heterocycles. The number of ether oxygens (including phenoxy) is 2. The average molecular weight is 303 g/mol. The maximum Gasteiger partial charge on any atom is 0.129 e. The van der Waals surface area contributed by atoms with Crippen molar-refractivity contribution < 1.29 is 9.47 Å². The lowest BCUT2D eigenvalue weighted by atomic mass is 9.78. The Hall–Kier alpha value is -1.22. The smallest absolute Gasteiger partial charge is 0.129 e. The van der Waals surface area contributed by atoms with Crippen LogP contribution in [0.25, 0.3) is 0 Å². The Morgan fingerprint density at radius 2 is 2.14 bits per heavy atom. The van der Waals surface area contributed by atoms with Crippen molar-refractivity contribution in [1.29, 1.82) is 0 Å². The summed E-state index contributed by atoms with van der Waals surface area (Å²) < 4.78 is 11.9. The minimum Gasteiger partial charge on any atom is -0.496 e. The van der Waals surface area contributed by atoms with Gasteiger partial charge in [0.25, 0.3) is 0 Å². The number of benzene rings is 1. The largest absolute Gasteiger partial charge is 0.496 e. The van der Waals surface area contributed by atoms with E-state index in [1.165, 1.54) is 37.1 Å². The summed E-state index contributed by atoms with van der Waals surface area (Å²) in [6.07, 6.45) is 4.71. The molecule has 1 aromatic carbocycles. The highest BCUT2D eigenvalue weighted by Crippen LogP contribution is 2.47. The molecule has 0 amide bonds. The number of piperidine rings is 1. The van der Waals surface area contributed by atoms with Gasteiger partial charge in [0.1, 0.15) is 11.5 Å². The van der Waals surface area contributed by atoms with Gasteiger partial charge < -0.3 is 14.4 Å². The fourth-order valence-electron chi connectivity index (χ4n) is 4.10. The zero-order valence-corrected chi connectivity index (χ0v) is 14.2. The third-order valence-corrected chi connectivity index (χ3v) is 5.17. The van der Waals surface area contributed by atoms with Crippen LogP contribution >= 0.6 is 0 Å². The SMILES string of the molecule is CCCc1ccc(OC)c2c1OC[C@@H]1CCN(CCC)C[C@H]21. The molecule has 2 aliphatic rings. The summed E-state index contributed by atoms with van der Waals surface area (Å²) in [6, 6.07) is 4.34. The summed E-state index contributed by atoms with van der Waals surface area (Å²) >= 11 is 0. The Bertz CT molecular complexity index is 514. The van der Waals surface area contributed by atoms with Crippen molar-refractivity contribution in [2.45, 2.75) is 45.4 Å². The zero-order valence-electron chi connectivity index (χ0n) is 14.2. The second-order valence-electron chi connectivity index (χ2n) is 6.69. The molecule has 0 unspecified atom stereocenters. The van der Waals surface area contributed by atoms with Crippen LogP contribution in [0.3, 0.4) is 0 Å². The van der Waals surface area contributed by atoms with E-state index in [1.807, 2.05) is 0 Å². The van der Waals surface area contributed by atoms with Crippen LogP contribution in [0.2, 0.25) is 0 Å². The summed E-state index contributed by atoms with van der Waals surface area (Å²) in [4.78, 5) is 2.61. The van der Waals surface area contributed by atoms with E-state index >= 15 is 0 Å². The molecule has 22 heavy (non-hydrogen) atoms. The molecule has 122 valence electrons. The number of rotatable bonds is 5. The molecule has 2 atom stereocenters. The van der Waals surface area contributed by atoms with Crippen molar-refractivity contribution in [2.24, 2.45) is 5.92 Å². The Morgan fingerprint density at radius 1 is 1.27 bits per heavy atom. The van der Waals surface area contributed by atoms with Crippen LogP contribution in [0, 0.1) is 5.92 Å². The summed E-state index contributed by atoms with van der Waals surface area (Å²) in [7, 11) is 1.78. The monoisotopic (exact) mass is 303 g/mol. The maximum absolute atomic E-state index is 6.22. The predicted molar refractivity (Wildman–Crippen MR) is 90.1 cm³/mol. The number of fused-ring (bicyclic) bond motifs is 3. The summed E-state index contributed by atoms with van der Waals surface area (Å²) in [6.45, 7) is 8.94. The van der Waals surface area contributed by atoms with E-state index in [0.717, 1.165) is 37.5 Å². The van der Waals surface area contributed by atoms with E-state index in [9.17, 15) is 0 Å². The number of likely N-dealkylation sites (tertiary alicyclic amines) is 1. The quantitative estimate of drug-likeness (QED) is 0.824. The van der Waals surface area contributed by atoms with Crippen molar-refractivity contribution in [3.05, 3.63) is 23.3 Å². The van der Waals surface area contributed by atoms with Crippen molar-refractivity contribution in [3.63, 3.8) is 0 Å². The molecule has 1 aromatic rings. The first-order valence-corrected chi connectivity index (χ1v) is 8.83. The Morgan fingerprint density at radius 3 is 2.86 bits per heavy atom. The molecule has 1 fully saturated rings. The van der Waals surface area contributed by atoms with Crippen molar-refractivity contribution >= 4 is 0 Å². The second kappa shape index (κ2) is 6.91. The van der Waals surface area contributed by atoms with Gasteiger partial charge >= 0.3 is 0 Å². The van der Waals surface area contributed by atoms with Gasteiger partial charge in [-0.15, -0.1) is 0 Å². The van der Waals surface area contributed by atoms with Gasteiger partial charge in [0.2, 0.25) is 0 Å². The lowest BCUT2D eigenvalue weighted by Crippen LogP contribution is -2.43. The molecule has 0 spiro atoms. The Labute approximate surface area is 134 Å². The third kappa shape index (κ3) is 2.83. The van der Waals surface area contributed by atoms with E-state index in [0.29, 0.717) is 11.8 Å². The number of methoxy groups -OCH3 is 1. The van der Waals surface area contributed by atoms with Gasteiger partial charge in [0.05, 0.1) is 13.7 Å². The van der Waals surface area contributed by atoms with E-state index in [2.05, 4.69) is 30.9 Å². The molecule has 0 aliphatic carbocycles. The number of aryl methyl sites for hydroxylation is 1. The van der Waals surface area contributed by atoms with Crippen molar-refractivity contribution in [3.8, 4) is 11.5 Å². The van der Waals surface area contributed by atoms with Gasteiger partial charge in [-0.1, -0.05) is 26.3 Å². The highest BCUT2D eigenvalue weighted by Gasteiger charge is 2.38. The lowest BCUT2D eigenvalue weighted by molar-refractivity contribution is 0.0967. The first kappa shape index (κ1) is 15.7. The second-order valence-corrected chi connectivity index (χ2v) is 6.69. The van der Waals surface area contributed by atoms with Crippen LogP contribution in [0.15, 0.2) is 12.1 Å². The molecular weight excluding hydrogens is 274 g/mol. The van der Waals surface area contributed by atoms with Crippen LogP contribution < -0.4 is 9.47 Å². The molecule has 0 saturated carbocycles. The van der Waals surface area contributed by atoms with Crippen LogP contribution in [0.1, 0.15) is 50.2 Å². The Kier molecular flexibility index (Phi) is 4.92. The fraction of sp³-hybridized carbons (Fsp3) is 0.684. The molecule has 3 nitrogen and oxygen atoms in total. The van der Waals surface area contributed by atoms with Crippen molar-refractivity contribution in [2.75, 3.05) is 33.4 Å². The summed E-state index contributed by atoms with van der Waals surface area (Å²) in [5.74, 6) is 3.35. The third-order valence-electron chi connectivity index (χ3n) is 5.17. The molecule has 0 aromatic heterocycles. The van der Waals surface area contributed by atoms with Crippen LogP contribution in [0.5, 0.6) is 11.5 Å². The van der Waals surface area contributed by atoms with Gasteiger partial charge in [-0.05, 0) is 44.0 Å². The molecule has 3 heteroatoms. The van der Waals surface area contributed by atoms with E-state index in [1.54, 1.807) is 7.11 Å². The minimum atomic E-state index is 0.566. The van der Waals surface area contributed by atoms with Gasteiger partial charge in [-0.25, -0.2) is 0 Å². The molecule has 2 aliphatic heterocycles. The topological polar surface area (TPSA) is 21.7 Å². The first-order valence-electron chi connectivity index (χ1n) is 8.83.